The van der Waals surface area contributed by atoms with Gasteiger partial charge >= 0.3 is 0 Å². The van der Waals surface area contributed by atoms with Gasteiger partial charge in [-0.2, -0.15) is 0 Å². The fraction of sp³-hybridized carbons (Fsp3) is 0.571. The first-order valence-electron chi connectivity index (χ1n) is 6.39. The van der Waals surface area contributed by atoms with E-state index in [-0.39, 0.29) is 11.9 Å². The van der Waals surface area contributed by atoms with E-state index in [1.54, 1.807) is 6.92 Å². The zero-order chi connectivity index (χ0) is 12.3. The van der Waals surface area contributed by atoms with E-state index >= 15 is 0 Å². The molecule has 0 saturated carbocycles. The predicted octanol–water partition coefficient (Wildman–Crippen LogP) is 2.52. The molecule has 0 spiro atoms. The van der Waals surface area contributed by atoms with Crippen molar-refractivity contribution in [2.75, 3.05) is 13.1 Å². The lowest BCUT2D eigenvalue weighted by Crippen LogP contribution is -2.31. The number of nitrogens with two attached hydrogens (primary N) is 1. The Morgan fingerprint density at radius 1 is 1.53 bits per heavy atom. The number of piperidine rings is 1. The Kier molecular flexibility index (Phi) is 4.13. The Labute approximate surface area is 102 Å². The molecule has 3 N–H and O–H groups in total. The molecule has 1 aliphatic rings. The van der Waals surface area contributed by atoms with Crippen LogP contribution in [0.1, 0.15) is 36.4 Å². The molecule has 3 heteroatoms. The van der Waals surface area contributed by atoms with Gasteiger partial charge in [0.15, 0.2) is 0 Å². The first-order chi connectivity index (χ1) is 8.16. The lowest BCUT2D eigenvalue weighted by molar-refractivity contribution is 0.336. The van der Waals surface area contributed by atoms with E-state index in [1.165, 1.54) is 18.9 Å². The Morgan fingerprint density at radius 3 is 3.00 bits per heavy atom. The van der Waals surface area contributed by atoms with E-state index in [0.717, 1.165) is 25.1 Å². The second kappa shape index (κ2) is 5.61. The van der Waals surface area contributed by atoms with Crippen LogP contribution in [0.3, 0.4) is 0 Å². The van der Waals surface area contributed by atoms with Crippen molar-refractivity contribution >= 4 is 0 Å². The van der Waals surface area contributed by atoms with Gasteiger partial charge in [0.25, 0.3) is 0 Å². The summed E-state index contributed by atoms with van der Waals surface area (Å²) in [6, 6.07) is 5.22. The third-order valence-electron chi connectivity index (χ3n) is 3.60. The molecule has 2 unspecified atom stereocenters. The van der Waals surface area contributed by atoms with E-state index in [2.05, 4.69) is 5.32 Å². The fourth-order valence-corrected chi connectivity index (χ4v) is 2.52. The van der Waals surface area contributed by atoms with Crippen LogP contribution in [0, 0.1) is 18.7 Å². The van der Waals surface area contributed by atoms with Gasteiger partial charge in [0, 0.05) is 6.04 Å². The van der Waals surface area contributed by atoms with Crippen LogP contribution < -0.4 is 11.1 Å². The second-order valence-corrected chi connectivity index (χ2v) is 5.06. The lowest BCUT2D eigenvalue weighted by Gasteiger charge is -2.25. The second-order valence-electron chi connectivity index (χ2n) is 5.06. The molecule has 2 nitrogen and oxygen atoms in total. The predicted molar refractivity (Wildman–Crippen MR) is 68.3 cm³/mol. The summed E-state index contributed by atoms with van der Waals surface area (Å²) in [4.78, 5) is 0. The van der Waals surface area contributed by atoms with Crippen molar-refractivity contribution in [1.29, 1.82) is 0 Å². The number of hydrogen-bond acceptors (Lipinski definition) is 2. The number of benzene rings is 1. The van der Waals surface area contributed by atoms with Crippen LogP contribution in [-0.2, 0) is 0 Å². The molecule has 94 valence electrons. The molecule has 1 fully saturated rings. The molecule has 1 aromatic rings. The van der Waals surface area contributed by atoms with Gasteiger partial charge < -0.3 is 11.1 Å². The minimum Gasteiger partial charge on any atom is -0.324 e. The third-order valence-corrected chi connectivity index (χ3v) is 3.60. The highest BCUT2D eigenvalue weighted by atomic mass is 19.1. The monoisotopic (exact) mass is 236 g/mol. The maximum atomic E-state index is 13.2. The maximum Gasteiger partial charge on any atom is 0.126 e. The normalized spacial score (nSPS) is 22.4. The maximum absolute atomic E-state index is 13.2. The largest absolute Gasteiger partial charge is 0.324 e. The highest BCUT2D eigenvalue weighted by Gasteiger charge is 2.17. The zero-order valence-electron chi connectivity index (χ0n) is 10.4. The molecule has 2 rings (SSSR count). The summed E-state index contributed by atoms with van der Waals surface area (Å²) in [5, 5.41) is 3.40. The highest BCUT2D eigenvalue weighted by Crippen LogP contribution is 2.24. The number of nitrogens with one attached hydrogen (secondary N) is 1. The van der Waals surface area contributed by atoms with Gasteiger partial charge in [0.05, 0.1) is 0 Å². The Hall–Kier alpha value is -0.930. The molecular formula is C14H21FN2. The van der Waals surface area contributed by atoms with Gasteiger partial charge in [-0.25, -0.2) is 4.39 Å². The Bertz CT molecular complexity index is 372. The van der Waals surface area contributed by atoms with Gasteiger partial charge in [0.2, 0.25) is 0 Å². The van der Waals surface area contributed by atoms with Crippen LogP contribution in [-0.4, -0.2) is 13.1 Å². The number of halogens is 1. The minimum absolute atomic E-state index is 0.0270. The molecule has 1 heterocycles. The summed E-state index contributed by atoms with van der Waals surface area (Å²) in [6.07, 6.45) is 3.47. The summed E-state index contributed by atoms with van der Waals surface area (Å²) in [5.41, 5.74) is 7.93. The van der Waals surface area contributed by atoms with Gasteiger partial charge in [-0.05, 0) is 62.4 Å². The van der Waals surface area contributed by atoms with Crippen LogP contribution in [0.25, 0.3) is 0 Å². The van der Waals surface area contributed by atoms with Crippen LogP contribution in [0.5, 0.6) is 0 Å². The molecule has 2 atom stereocenters. The van der Waals surface area contributed by atoms with Crippen LogP contribution in [0.4, 0.5) is 4.39 Å². The van der Waals surface area contributed by atoms with Gasteiger partial charge in [-0.1, -0.05) is 12.1 Å². The smallest absolute Gasteiger partial charge is 0.126 e. The summed E-state index contributed by atoms with van der Waals surface area (Å²) < 4.78 is 13.2. The Balaban J connectivity index is 1.98. The van der Waals surface area contributed by atoms with Gasteiger partial charge in [-0.3, -0.25) is 0 Å². The average Bonchev–Trinajstić information content (AvgIpc) is 2.34. The topological polar surface area (TPSA) is 38.0 Å². The molecule has 0 bridgehead atoms. The molecule has 1 aliphatic heterocycles. The van der Waals surface area contributed by atoms with Crippen LogP contribution in [0.2, 0.25) is 0 Å². The fourth-order valence-electron chi connectivity index (χ4n) is 2.52. The third kappa shape index (κ3) is 3.27. The van der Waals surface area contributed by atoms with E-state index < -0.39 is 0 Å². The first-order valence-corrected chi connectivity index (χ1v) is 6.39. The van der Waals surface area contributed by atoms with E-state index in [1.807, 2.05) is 12.1 Å². The van der Waals surface area contributed by atoms with E-state index in [0.29, 0.717) is 11.5 Å². The van der Waals surface area contributed by atoms with E-state index in [4.69, 9.17) is 5.73 Å². The molecule has 1 aromatic carbocycles. The van der Waals surface area contributed by atoms with Crippen molar-refractivity contribution in [1.82, 2.24) is 5.32 Å². The number of hydrogen-bond donors (Lipinski definition) is 2. The van der Waals surface area contributed by atoms with E-state index in [9.17, 15) is 4.39 Å². The molecule has 1 saturated heterocycles. The standard InChI is InChI=1S/C14H21FN2/c1-10-7-12(4-5-13(10)15)14(16)8-11-3-2-6-17-9-11/h4-5,7,11,14,17H,2-3,6,8-9,16H2,1H3. The van der Waals surface area contributed by atoms with Gasteiger partial charge in [-0.15, -0.1) is 0 Å². The number of aryl methyl sites for hydroxylation is 1. The zero-order valence-corrected chi connectivity index (χ0v) is 10.4. The molecule has 0 radical (unpaired) electrons. The van der Waals surface area contributed by atoms with Crippen molar-refractivity contribution in [3.05, 3.63) is 35.1 Å². The minimum atomic E-state index is -0.153. The lowest BCUT2D eigenvalue weighted by atomic mass is 9.89. The van der Waals surface area contributed by atoms with Gasteiger partial charge in [0.1, 0.15) is 5.82 Å². The van der Waals surface area contributed by atoms with Crippen molar-refractivity contribution < 1.29 is 4.39 Å². The summed E-state index contributed by atoms with van der Waals surface area (Å²) in [5.74, 6) is 0.504. The van der Waals surface area contributed by atoms with Crippen molar-refractivity contribution in [2.45, 2.75) is 32.2 Å². The SMILES string of the molecule is Cc1cc(C(N)CC2CCCNC2)ccc1F. The van der Waals surface area contributed by atoms with Crippen LogP contribution >= 0.6 is 0 Å². The summed E-state index contributed by atoms with van der Waals surface area (Å²) in [6.45, 7) is 3.98. The number of rotatable bonds is 3. The average molecular weight is 236 g/mol. The summed E-state index contributed by atoms with van der Waals surface area (Å²) in [7, 11) is 0. The quantitative estimate of drug-likeness (QED) is 0.846. The molecule has 0 aliphatic carbocycles. The molecule has 17 heavy (non-hydrogen) atoms. The first kappa shape index (κ1) is 12.5. The van der Waals surface area contributed by atoms with Crippen molar-refractivity contribution in [3.63, 3.8) is 0 Å². The summed E-state index contributed by atoms with van der Waals surface area (Å²) >= 11 is 0. The Morgan fingerprint density at radius 2 is 2.35 bits per heavy atom. The van der Waals surface area contributed by atoms with Crippen molar-refractivity contribution in [3.8, 4) is 0 Å². The van der Waals surface area contributed by atoms with Crippen molar-refractivity contribution in [2.24, 2.45) is 11.7 Å². The highest BCUT2D eigenvalue weighted by molar-refractivity contribution is 5.26. The molecular weight excluding hydrogens is 215 g/mol. The molecule has 0 amide bonds. The molecule has 0 aromatic heterocycles. The van der Waals surface area contributed by atoms with Crippen LogP contribution in [0.15, 0.2) is 18.2 Å².